The quantitative estimate of drug-likeness (QED) is 0.373. The smallest absolute Gasteiger partial charge is 0.247 e. The number of carbonyl (C=O) groups is 3. The third-order valence-corrected chi connectivity index (χ3v) is 8.50. The Kier molecular flexibility index (Phi) is 6.56. The number of aromatic nitrogens is 3. The molecule has 2 bridgehead atoms. The van der Waals surface area contributed by atoms with Crippen LogP contribution in [-0.4, -0.2) is 73.1 Å². The molecule has 11 heteroatoms. The van der Waals surface area contributed by atoms with Gasteiger partial charge in [-0.25, -0.2) is 4.68 Å². The van der Waals surface area contributed by atoms with E-state index in [1.54, 1.807) is 4.68 Å². The van der Waals surface area contributed by atoms with Gasteiger partial charge in [0.1, 0.15) is 23.8 Å². The summed E-state index contributed by atoms with van der Waals surface area (Å²) in [5, 5.41) is 24.3. The van der Waals surface area contributed by atoms with E-state index in [4.69, 9.17) is 4.74 Å². The summed E-state index contributed by atoms with van der Waals surface area (Å²) in [4.78, 5) is 42.8. The first-order chi connectivity index (χ1) is 19.0. The van der Waals surface area contributed by atoms with E-state index in [1.807, 2.05) is 61.5 Å². The molecule has 1 spiro atoms. The largest absolute Gasteiger partial charge is 0.394 e. The van der Waals surface area contributed by atoms with Crippen molar-refractivity contribution in [2.24, 2.45) is 11.8 Å². The number of benzene rings is 2. The minimum absolute atomic E-state index is 0.0545. The lowest BCUT2D eigenvalue weighted by atomic mass is 9.70. The molecule has 3 saturated heterocycles. The van der Waals surface area contributed by atoms with Crippen LogP contribution in [0.15, 0.2) is 54.6 Å². The molecule has 3 aliphatic heterocycles. The molecule has 3 aromatic rings. The highest BCUT2D eigenvalue weighted by Gasteiger charge is 2.74. The van der Waals surface area contributed by atoms with Crippen molar-refractivity contribution in [1.29, 1.82) is 0 Å². The van der Waals surface area contributed by atoms with Crippen LogP contribution in [-0.2, 0) is 32.3 Å². The zero-order chi connectivity index (χ0) is 27.1. The second-order valence-corrected chi connectivity index (χ2v) is 10.5. The minimum atomic E-state index is -1.13. The average Bonchev–Trinajstić information content (AvgIpc) is 3.71. The summed E-state index contributed by atoms with van der Waals surface area (Å²) in [6.07, 6.45) is 1.07. The maximum Gasteiger partial charge on any atom is 0.247 e. The van der Waals surface area contributed by atoms with E-state index >= 15 is 0 Å². The summed E-state index contributed by atoms with van der Waals surface area (Å²) in [5.74, 6) is -2.47. The fraction of sp³-hybridized carbons (Fsp3) is 0.464. The molecule has 3 aliphatic rings. The van der Waals surface area contributed by atoms with E-state index in [2.05, 4.69) is 20.9 Å². The van der Waals surface area contributed by atoms with Gasteiger partial charge in [-0.2, -0.15) is 0 Å². The van der Waals surface area contributed by atoms with Gasteiger partial charge in [0.2, 0.25) is 17.7 Å². The lowest BCUT2D eigenvalue weighted by molar-refractivity contribution is -0.146. The van der Waals surface area contributed by atoms with Crippen molar-refractivity contribution >= 4 is 28.8 Å². The second kappa shape index (κ2) is 10.0. The van der Waals surface area contributed by atoms with E-state index in [0.717, 1.165) is 11.1 Å². The monoisotopic (exact) mass is 532 g/mol. The van der Waals surface area contributed by atoms with Crippen LogP contribution in [0.5, 0.6) is 0 Å². The Bertz CT molecular complexity index is 1390. The summed E-state index contributed by atoms with van der Waals surface area (Å²) in [5.41, 5.74) is 1.29. The lowest BCUT2D eigenvalue weighted by Gasteiger charge is -2.36. The van der Waals surface area contributed by atoms with E-state index < -0.39 is 41.5 Å². The highest BCUT2D eigenvalue weighted by atomic mass is 16.5. The van der Waals surface area contributed by atoms with Gasteiger partial charge in [0, 0.05) is 6.54 Å². The number of fused-ring (bicyclic) bond motifs is 2. The van der Waals surface area contributed by atoms with Gasteiger partial charge in [-0.05, 0) is 37.0 Å². The summed E-state index contributed by atoms with van der Waals surface area (Å²) >= 11 is 0. The first-order valence-electron chi connectivity index (χ1n) is 13.5. The van der Waals surface area contributed by atoms with Crippen LogP contribution in [0.4, 0.5) is 0 Å². The molecule has 0 saturated carbocycles. The van der Waals surface area contributed by atoms with Crippen LogP contribution in [0.3, 0.4) is 0 Å². The molecule has 3 amide bonds. The number of carbonyl (C=O) groups excluding carboxylic acids is 3. The molecule has 3 fully saturated rings. The highest BCUT2D eigenvalue weighted by Crippen LogP contribution is 2.58. The van der Waals surface area contributed by atoms with E-state index in [0.29, 0.717) is 31.3 Å². The molecule has 4 heterocycles. The molecule has 0 radical (unpaired) electrons. The molecule has 39 heavy (non-hydrogen) atoms. The number of para-hydroxylation sites is 1. The number of ether oxygens (including phenoxy) is 1. The first-order valence-corrected chi connectivity index (χ1v) is 13.5. The topological polar surface area (TPSA) is 139 Å². The Hall–Kier alpha value is -3.83. The van der Waals surface area contributed by atoms with Crippen LogP contribution < -0.4 is 10.6 Å². The van der Waals surface area contributed by atoms with Crippen LogP contribution in [0.1, 0.15) is 31.7 Å². The number of nitrogens with zero attached hydrogens (tertiary/aromatic N) is 4. The normalized spacial score (nSPS) is 28.1. The van der Waals surface area contributed by atoms with Gasteiger partial charge in [-0.3, -0.25) is 14.4 Å². The van der Waals surface area contributed by atoms with Gasteiger partial charge < -0.3 is 25.4 Å². The number of aliphatic hydroxyl groups is 1. The number of amides is 3. The Morgan fingerprint density at radius 1 is 1.13 bits per heavy atom. The predicted molar refractivity (Wildman–Crippen MR) is 140 cm³/mol. The van der Waals surface area contributed by atoms with Crippen molar-refractivity contribution in [3.63, 3.8) is 0 Å². The summed E-state index contributed by atoms with van der Waals surface area (Å²) in [6, 6.07) is 15.4. The Morgan fingerprint density at radius 2 is 1.90 bits per heavy atom. The van der Waals surface area contributed by atoms with Crippen molar-refractivity contribution in [2.75, 3.05) is 6.61 Å². The predicted octanol–water partition coefficient (Wildman–Crippen LogP) is 0.967. The Morgan fingerprint density at radius 3 is 2.67 bits per heavy atom. The zero-order valence-electron chi connectivity index (χ0n) is 21.7. The van der Waals surface area contributed by atoms with Crippen LogP contribution >= 0.6 is 0 Å². The van der Waals surface area contributed by atoms with E-state index in [-0.39, 0.29) is 25.1 Å². The van der Waals surface area contributed by atoms with Gasteiger partial charge >= 0.3 is 0 Å². The molecule has 2 aromatic carbocycles. The first kappa shape index (κ1) is 25.4. The number of nitrogens with one attached hydrogen (secondary N) is 2. The SMILES string of the molecule is CC[C@@H](CO)N1C(=O)[C@@H]2[C@H](C(=O)NCc3ccccc3)[C@@H]3CCC2(O3)C1C(=O)NCn1nnc2ccccc21. The molecular weight excluding hydrogens is 500 g/mol. The fourth-order valence-corrected chi connectivity index (χ4v) is 6.68. The van der Waals surface area contributed by atoms with Gasteiger partial charge in [0.15, 0.2) is 0 Å². The number of aliphatic hydroxyl groups excluding tert-OH is 1. The van der Waals surface area contributed by atoms with E-state index in [9.17, 15) is 19.5 Å². The van der Waals surface area contributed by atoms with Gasteiger partial charge in [0.25, 0.3) is 0 Å². The standard InChI is InChI=1S/C28H32N6O5/c1-2-18(15-35)34-24(26(37)30-16-33-20-11-7-6-10-19(20)31-32-33)28-13-12-21(39-28)22(23(28)27(34)38)25(36)29-14-17-8-4-3-5-9-17/h3-11,18,21-24,35H,2,12-16H2,1H3,(H,29,36)(H,30,37)/t18-,21-,22+,23-,24?,28?/m0/s1. The molecule has 6 atom stereocenters. The summed E-state index contributed by atoms with van der Waals surface area (Å²) in [6.45, 7) is 1.96. The van der Waals surface area contributed by atoms with Gasteiger partial charge in [-0.15, -0.1) is 5.10 Å². The number of likely N-dealkylation sites (tertiary alicyclic amines) is 1. The zero-order valence-corrected chi connectivity index (χ0v) is 21.7. The van der Waals surface area contributed by atoms with Gasteiger partial charge in [0.05, 0.1) is 36.1 Å². The molecule has 11 nitrogen and oxygen atoms in total. The number of hydrogen-bond acceptors (Lipinski definition) is 7. The van der Waals surface area contributed by atoms with Crippen molar-refractivity contribution in [2.45, 2.75) is 63.2 Å². The lowest BCUT2D eigenvalue weighted by Crippen LogP contribution is -2.58. The average molecular weight is 533 g/mol. The van der Waals surface area contributed by atoms with Crippen molar-refractivity contribution in [1.82, 2.24) is 30.5 Å². The number of hydrogen-bond donors (Lipinski definition) is 3. The van der Waals surface area contributed by atoms with Crippen molar-refractivity contribution in [3.05, 3.63) is 60.2 Å². The summed E-state index contributed by atoms with van der Waals surface area (Å²) < 4.78 is 8.03. The fourth-order valence-electron chi connectivity index (χ4n) is 6.68. The Balaban J connectivity index is 1.27. The molecule has 2 unspecified atom stereocenters. The maximum atomic E-state index is 14.0. The van der Waals surface area contributed by atoms with E-state index in [1.165, 1.54) is 4.90 Å². The summed E-state index contributed by atoms with van der Waals surface area (Å²) in [7, 11) is 0. The molecule has 1 aromatic heterocycles. The molecular formula is C28H32N6O5. The van der Waals surface area contributed by atoms with Crippen LogP contribution in [0.2, 0.25) is 0 Å². The van der Waals surface area contributed by atoms with Crippen LogP contribution in [0.25, 0.3) is 11.0 Å². The number of rotatable bonds is 9. The Labute approximate surface area is 225 Å². The minimum Gasteiger partial charge on any atom is -0.394 e. The second-order valence-electron chi connectivity index (χ2n) is 10.5. The molecule has 204 valence electrons. The van der Waals surface area contributed by atoms with Crippen molar-refractivity contribution < 1.29 is 24.2 Å². The van der Waals surface area contributed by atoms with Gasteiger partial charge in [-0.1, -0.05) is 54.6 Å². The van der Waals surface area contributed by atoms with Crippen molar-refractivity contribution in [3.8, 4) is 0 Å². The maximum absolute atomic E-state index is 14.0. The molecule has 0 aliphatic carbocycles. The third kappa shape index (κ3) is 4.07. The highest BCUT2D eigenvalue weighted by molar-refractivity contribution is 5.99. The third-order valence-electron chi connectivity index (χ3n) is 8.50. The molecule has 3 N–H and O–H groups in total. The van der Waals surface area contributed by atoms with Crippen LogP contribution in [0, 0.1) is 11.8 Å². The molecule has 6 rings (SSSR count).